The van der Waals surface area contributed by atoms with Crippen molar-refractivity contribution in [3.63, 3.8) is 0 Å². The summed E-state index contributed by atoms with van der Waals surface area (Å²) in [5.74, 6) is -0.178. The minimum Gasteiger partial charge on any atom is -0.336 e. The Hall–Kier alpha value is -0.670. The van der Waals surface area contributed by atoms with E-state index in [-0.39, 0.29) is 19.0 Å². The van der Waals surface area contributed by atoms with E-state index in [1.54, 1.807) is 23.1 Å². The van der Waals surface area contributed by atoms with E-state index >= 15 is 0 Å². The maximum atomic E-state index is 12.3. The second-order valence-corrected chi connectivity index (χ2v) is 7.29. The Balaban J connectivity index is 2.09. The third-order valence-corrected chi connectivity index (χ3v) is 4.76. The molecule has 1 aliphatic heterocycles. The van der Waals surface area contributed by atoms with Crippen LogP contribution in [-0.2, 0) is 10.2 Å². The SMILES string of the molecule is NS(=O)(=O)N1CCN(C(=O)c2cc(Cl)cc(Br)c2)CC1. The predicted octanol–water partition coefficient (Wildman–Crippen LogP) is 1.06. The molecular formula is C11H13BrClN3O3S. The van der Waals surface area contributed by atoms with Crippen LogP contribution in [0.5, 0.6) is 0 Å². The molecule has 0 saturated carbocycles. The monoisotopic (exact) mass is 381 g/mol. The normalized spacial score (nSPS) is 17.2. The molecule has 0 unspecified atom stereocenters. The molecule has 0 radical (unpaired) electrons. The molecule has 1 fully saturated rings. The van der Waals surface area contributed by atoms with Crippen molar-refractivity contribution in [1.82, 2.24) is 9.21 Å². The first-order valence-electron chi connectivity index (χ1n) is 5.80. The van der Waals surface area contributed by atoms with Crippen molar-refractivity contribution in [2.24, 2.45) is 5.14 Å². The molecule has 1 heterocycles. The molecule has 0 aliphatic carbocycles. The van der Waals surface area contributed by atoms with Crippen LogP contribution in [0.3, 0.4) is 0 Å². The fourth-order valence-corrected chi connectivity index (χ4v) is 3.54. The number of nitrogens with two attached hydrogens (primary N) is 1. The average molecular weight is 383 g/mol. The first-order valence-corrected chi connectivity index (χ1v) is 8.48. The molecule has 0 spiro atoms. The van der Waals surface area contributed by atoms with Crippen molar-refractivity contribution in [2.45, 2.75) is 0 Å². The summed E-state index contributed by atoms with van der Waals surface area (Å²) in [4.78, 5) is 13.9. The van der Waals surface area contributed by atoms with Gasteiger partial charge < -0.3 is 4.90 Å². The number of carbonyl (C=O) groups excluding carboxylic acids is 1. The van der Waals surface area contributed by atoms with Gasteiger partial charge in [0, 0.05) is 41.2 Å². The minimum absolute atomic E-state index is 0.178. The van der Waals surface area contributed by atoms with Gasteiger partial charge in [0.25, 0.3) is 16.1 Å². The highest BCUT2D eigenvalue weighted by atomic mass is 79.9. The van der Waals surface area contributed by atoms with Gasteiger partial charge in [-0.1, -0.05) is 27.5 Å². The van der Waals surface area contributed by atoms with E-state index in [1.807, 2.05) is 0 Å². The Morgan fingerprint density at radius 3 is 2.30 bits per heavy atom. The lowest BCUT2D eigenvalue weighted by molar-refractivity contribution is 0.0698. The highest BCUT2D eigenvalue weighted by Crippen LogP contribution is 2.21. The fraction of sp³-hybridized carbons (Fsp3) is 0.364. The van der Waals surface area contributed by atoms with Gasteiger partial charge in [-0.05, 0) is 18.2 Å². The largest absolute Gasteiger partial charge is 0.336 e. The molecule has 1 amide bonds. The quantitative estimate of drug-likeness (QED) is 0.830. The predicted molar refractivity (Wildman–Crippen MR) is 79.7 cm³/mol. The number of benzene rings is 1. The summed E-state index contributed by atoms with van der Waals surface area (Å²) in [7, 11) is -3.69. The van der Waals surface area contributed by atoms with E-state index in [4.69, 9.17) is 16.7 Å². The van der Waals surface area contributed by atoms with Crippen molar-refractivity contribution in [2.75, 3.05) is 26.2 Å². The first kappa shape index (κ1) is 15.7. The molecule has 110 valence electrons. The maximum absolute atomic E-state index is 12.3. The van der Waals surface area contributed by atoms with Crippen LogP contribution in [0.2, 0.25) is 5.02 Å². The lowest BCUT2D eigenvalue weighted by atomic mass is 10.2. The highest BCUT2D eigenvalue weighted by Gasteiger charge is 2.27. The third kappa shape index (κ3) is 3.70. The van der Waals surface area contributed by atoms with Crippen LogP contribution in [0.1, 0.15) is 10.4 Å². The van der Waals surface area contributed by atoms with Crippen molar-refractivity contribution in [1.29, 1.82) is 0 Å². The molecule has 2 rings (SSSR count). The summed E-state index contributed by atoms with van der Waals surface area (Å²) in [6.07, 6.45) is 0. The van der Waals surface area contributed by atoms with Crippen LogP contribution in [0.15, 0.2) is 22.7 Å². The Bertz CT molecular complexity index is 610. The summed E-state index contributed by atoms with van der Waals surface area (Å²) in [5.41, 5.74) is 0.466. The molecule has 1 aromatic carbocycles. The van der Waals surface area contributed by atoms with Crippen LogP contribution in [0.25, 0.3) is 0 Å². The number of rotatable bonds is 2. The van der Waals surface area contributed by atoms with Gasteiger partial charge in [0.05, 0.1) is 0 Å². The number of piperazine rings is 1. The zero-order valence-corrected chi connectivity index (χ0v) is 13.6. The topological polar surface area (TPSA) is 83.7 Å². The Morgan fingerprint density at radius 2 is 1.80 bits per heavy atom. The molecular weight excluding hydrogens is 370 g/mol. The lowest BCUT2D eigenvalue weighted by Crippen LogP contribution is -2.52. The van der Waals surface area contributed by atoms with Crippen LogP contribution in [0, 0.1) is 0 Å². The second-order valence-electron chi connectivity index (χ2n) is 4.39. The number of hydrogen-bond acceptors (Lipinski definition) is 3. The maximum Gasteiger partial charge on any atom is 0.277 e. The van der Waals surface area contributed by atoms with Crippen molar-refractivity contribution >= 4 is 43.6 Å². The number of amides is 1. The minimum atomic E-state index is -3.69. The van der Waals surface area contributed by atoms with Crippen LogP contribution >= 0.6 is 27.5 Å². The van der Waals surface area contributed by atoms with Crippen molar-refractivity contribution < 1.29 is 13.2 Å². The summed E-state index contributed by atoms with van der Waals surface area (Å²) in [6, 6.07) is 4.96. The summed E-state index contributed by atoms with van der Waals surface area (Å²) >= 11 is 9.19. The molecule has 6 nitrogen and oxygen atoms in total. The molecule has 0 aromatic heterocycles. The molecule has 1 saturated heterocycles. The Labute approximate surface area is 130 Å². The van der Waals surface area contributed by atoms with Crippen molar-refractivity contribution in [3.8, 4) is 0 Å². The van der Waals surface area contributed by atoms with Gasteiger partial charge in [-0.25, -0.2) is 5.14 Å². The summed E-state index contributed by atoms with van der Waals surface area (Å²) in [6.45, 7) is 1.01. The Kier molecular flexibility index (Phi) is 4.70. The Morgan fingerprint density at radius 1 is 1.20 bits per heavy atom. The second kappa shape index (κ2) is 5.98. The number of halogens is 2. The van der Waals surface area contributed by atoms with E-state index < -0.39 is 10.2 Å². The van der Waals surface area contributed by atoms with E-state index in [0.29, 0.717) is 23.7 Å². The molecule has 9 heteroatoms. The summed E-state index contributed by atoms with van der Waals surface area (Å²) in [5, 5.41) is 5.52. The van der Waals surface area contributed by atoms with E-state index in [0.717, 1.165) is 8.78 Å². The number of carbonyl (C=O) groups is 1. The van der Waals surface area contributed by atoms with Gasteiger partial charge in [0.15, 0.2) is 0 Å². The van der Waals surface area contributed by atoms with Crippen LogP contribution < -0.4 is 5.14 Å². The van der Waals surface area contributed by atoms with Crippen LogP contribution in [-0.4, -0.2) is 49.7 Å². The van der Waals surface area contributed by atoms with Gasteiger partial charge >= 0.3 is 0 Å². The van der Waals surface area contributed by atoms with Gasteiger partial charge in [-0.3, -0.25) is 4.79 Å². The number of nitrogens with zero attached hydrogens (tertiary/aromatic N) is 2. The zero-order chi connectivity index (χ0) is 14.9. The summed E-state index contributed by atoms with van der Waals surface area (Å²) < 4.78 is 24.3. The third-order valence-electron chi connectivity index (χ3n) is 3.00. The zero-order valence-electron chi connectivity index (χ0n) is 10.4. The van der Waals surface area contributed by atoms with E-state index in [9.17, 15) is 13.2 Å². The van der Waals surface area contributed by atoms with Gasteiger partial charge in [0.1, 0.15) is 0 Å². The molecule has 2 N–H and O–H groups in total. The molecule has 20 heavy (non-hydrogen) atoms. The first-order chi connectivity index (χ1) is 9.27. The molecule has 1 aromatic rings. The smallest absolute Gasteiger partial charge is 0.277 e. The van der Waals surface area contributed by atoms with Gasteiger partial charge in [-0.2, -0.15) is 12.7 Å². The molecule has 0 atom stereocenters. The fourth-order valence-electron chi connectivity index (χ4n) is 2.01. The van der Waals surface area contributed by atoms with Gasteiger partial charge in [0.2, 0.25) is 0 Å². The molecule has 1 aliphatic rings. The van der Waals surface area contributed by atoms with Crippen molar-refractivity contribution in [3.05, 3.63) is 33.3 Å². The van der Waals surface area contributed by atoms with Crippen LogP contribution in [0.4, 0.5) is 0 Å². The van der Waals surface area contributed by atoms with Gasteiger partial charge in [-0.15, -0.1) is 0 Å². The standard InChI is InChI=1S/C11H13BrClN3O3S/c12-9-5-8(6-10(13)7-9)11(17)15-1-3-16(4-2-15)20(14,18)19/h5-7H,1-4H2,(H2,14,18,19). The highest BCUT2D eigenvalue weighted by molar-refractivity contribution is 9.10. The molecule has 0 bridgehead atoms. The average Bonchev–Trinajstić information content (AvgIpc) is 2.36. The van der Waals surface area contributed by atoms with E-state index in [2.05, 4.69) is 15.9 Å². The lowest BCUT2D eigenvalue weighted by Gasteiger charge is -2.33. The number of hydrogen-bond donors (Lipinski definition) is 1. The van der Waals surface area contributed by atoms with E-state index in [1.165, 1.54) is 0 Å².